The van der Waals surface area contributed by atoms with Gasteiger partial charge in [0.1, 0.15) is 12.4 Å². The fourth-order valence-corrected chi connectivity index (χ4v) is 5.18. The van der Waals surface area contributed by atoms with E-state index in [0.29, 0.717) is 6.61 Å². The number of aromatic nitrogens is 2. The third-order valence-electron chi connectivity index (χ3n) is 7.00. The zero-order chi connectivity index (χ0) is 24.9. The van der Waals surface area contributed by atoms with Crippen molar-refractivity contribution in [1.29, 1.82) is 0 Å². The molecule has 0 saturated carbocycles. The first-order valence-corrected chi connectivity index (χ1v) is 12.6. The van der Waals surface area contributed by atoms with Crippen LogP contribution in [-0.4, -0.2) is 66.4 Å². The highest BCUT2D eigenvalue weighted by atomic mass is 16.5. The molecule has 2 aromatic carbocycles. The van der Waals surface area contributed by atoms with Crippen molar-refractivity contribution in [3.63, 3.8) is 0 Å². The van der Waals surface area contributed by atoms with Gasteiger partial charge >= 0.3 is 0 Å². The molecule has 7 nitrogen and oxygen atoms in total. The van der Waals surface area contributed by atoms with Gasteiger partial charge in [0.05, 0.1) is 48.6 Å². The zero-order valence-corrected chi connectivity index (χ0v) is 21.7. The largest absolute Gasteiger partial charge is 0.383 e. The maximum absolute atomic E-state index is 14.1. The van der Waals surface area contributed by atoms with Gasteiger partial charge in [-0.05, 0) is 50.5 Å². The summed E-state index contributed by atoms with van der Waals surface area (Å²) < 4.78 is 13.2. The standard InChI is InChI=1S/C28H38N4O3/c1-6-23-11-9-10-20(2)27(23)32(21(3)19-34-5)26(33)18-31-25-13-8-7-12-24(25)29-28(31)22(4)30-14-16-35-17-15-30/h7-13,21-22H,6,14-19H2,1-5H3. The number of anilines is 1. The average molecular weight is 479 g/mol. The van der Waals surface area contributed by atoms with Crippen molar-refractivity contribution in [2.75, 3.05) is 44.9 Å². The van der Waals surface area contributed by atoms with E-state index >= 15 is 0 Å². The summed E-state index contributed by atoms with van der Waals surface area (Å²) >= 11 is 0. The highest BCUT2D eigenvalue weighted by Crippen LogP contribution is 2.30. The van der Waals surface area contributed by atoms with Crippen LogP contribution < -0.4 is 4.90 Å². The Hall–Kier alpha value is -2.74. The van der Waals surface area contributed by atoms with Gasteiger partial charge in [-0.2, -0.15) is 0 Å². The maximum Gasteiger partial charge on any atom is 0.247 e. The first-order chi connectivity index (χ1) is 17.0. The topological polar surface area (TPSA) is 59.8 Å². The van der Waals surface area contributed by atoms with E-state index in [1.54, 1.807) is 7.11 Å². The van der Waals surface area contributed by atoms with Crippen molar-refractivity contribution in [3.8, 4) is 0 Å². The van der Waals surface area contributed by atoms with Crippen LogP contribution in [-0.2, 0) is 27.2 Å². The number of aryl methyl sites for hydroxylation is 2. The fraction of sp³-hybridized carbons (Fsp3) is 0.500. The number of rotatable bonds is 9. The lowest BCUT2D eigenvalue weighted by Gasteiger charge is -2.34. The summed E-state index contributed by atoms with van der Waals surface area (Å²) in [5.74, 6) is 0.957. The van der Waals surface area contributed by atoms with E-state index in [1.165, 1.54) is 5.56 Å². The number of nitrogens with zero attached hydrogens (tertiary/aromatic N) is 4. The van der Waals surface area contributed by atoms with Crippen LogP contribution in [0.5, 0.6) is 0 Å². The highest BCUT2D eigenvalue weighted by Gasteiger charge is 2.29. The number of hydrogen-bond acceptors (Lipinski definition) is 5. The Bertz CT molecular complexity index is 1150. The highest BCUT2D eigenvalue weighted by molar-refractivity contribution is 5.96. The van der Waals surface area contributed by atoms with Crippen LogP contribution in [0.2, 0.25) is 0 Å². The van der Waals surface area contributed by atoms with Crippen molar-refractivity contribution in [2.45, 2.75) is 52.7 Å². The van der Waals surface area contributed by atoms with Crippen molar-refractivity contribution in [1.82, 2.24) is 14.5 Å². The van der Waals surface area contributed by atoms with E-state index in [1.807, 2.05) is 23.1 Å². The van der Waals surface area contributed by atoms with Crippen LogP contribution in [0, 0.1) is 6.92 Å². The van der Waals surface area contributed by atoms with Gasteiger partial charge in [0.25, 0.3) is 0 Å². The number of hydrogen-bond donors (Lipinski definition) is 0. The van der Waals surface area contributed by atoms with Gasteiger partial charge in [0.15, 0.2) is 0 Å². The lowest BCUT2D eigenvalue weighted by Crippen LogP contribution is -2.44. The van der Waals surface area contributed by atoms with Gasteiger partial charge in [-0.1, -0.05) is 37.3 Å². The number of amides is 1. The molecule has 0 N–H and O–H groups in total. The molecule has 7 heteroatoms. The van der Waals surface area contributed by atoms with Crippen molar-refractivity contribution in [2.24, 2.45) is 0 Å². The Morgan fingerprint density at radius 3 is 2.60 bits per heavy atom. The first-order valence-electron chi connectivity index (χ1n) is 12.6. The zero-order valence-electron chi connectivity index (χ0n) is 21.7. The van der Waals surface area contributed by atoms with Crippen molar-refractivity contribution in [3.05, 3.63) is 59.4 Å². The molecule has 1 aromatic heterocycles. The normalized spacial score (nSPS) is 16.4. The molecular weight excluding hydrogens is 440 g/mol. The molecule has 0 aliphatic carbocycles. The third-order valence-corrected chi connectivity index (χ3v) is 7.00. The predicted octanol–water partition coefficient (Wildman–Crippen LogP) is 4.37. The summed E-state index contributed by atoms with van der Waals surface area (Å²) in [5.41, 5.74) is 5.15. The molecule has 3 aromatic rings. The molecule has 1 aliphatic heterocycles. The van der Waals surface area contributed by atoms with Gasteiger partial charge in [-0.3, -0.25) is 9.69 Å². The number of benzene rings is 2. The Balaban J connectivity index is 1.75. The third kappa shape index (κ3) is 5.27. The van der Waals surface area contributed by atoms with Gasteiger partial charge in [0, 0.05) is 20.2 Å². The van der Waals surface area contributed by atoms with Crippen LogP contribution in [0.25, 0.3) is 11.0 Å². The molecule has 1 fully saturated rings. The summed E-state index contributed by atoms with van der Waals surface area (Å²) in [6, 6.07) is 14.3. The second-order valence-corrected chi connectivity index (χ2v) is 9.37. The molecule has 0 spiro atoms. The second-order valence-electron chi connectivity index (χ2n) is 9.37. The van der Waals surface area contributed by atoms with Crippen LogP contribution >= 0.6 is 0 Å². The number of imidazole rings is 1. The van der Waals surface area contributed by atoms with E-state index < -0.39 is 0 Å². The quantitative estimate of drug-likeness (QED) is 0.457. The maximum atomic E-state index is 14.1. The molecule has 1 aliphatic rings. The number of morpholine rings is 1. The average Bonchev–Trinajstić information content (AvgIpc) is 3.23. The minimum absolute atomic E-state index is 0.0390. The summed E-state index contributed by atoms with van der Waals surface area (Å²) in [6.45, 7) is 12.3. The molecule has 188 valence electrons. The minimum atomic E-state index is -0.103. The molecule has 0 radical (unpaired) electrons. The first kappa shape index (κ1) is 25.4. The van der Waals surface area contributed by atoms with Gasteiger partial charge in [0.2, 0.25) is 5.91 Å². The number of para-hydroxylation sites is 3. The van der Waals surface area contributed by atoms with Crippen molar-refractivity contribution >= 4 is 22.6 Å². The van der Waals surface area contributed by atoms with Gasteiger partial charge in [-0.15, -0.1) is 0 Å². The number of carbonyl (C=O) groups excluding carboxylic acids is 1. The van der Waals surface area contributed by atoms with E-state index in [4.69, 9.17) is 14.5 Å². The van der Waals surface area contributed by atoms with E-state index in [9.17, 15) is 4.79 Å². The fourth-order valence-electron chi connectivity index (χ4n) is 5.18. The Labute approximate surface area is 208 Å². The molecule has 0 bridgehead atoms. The minimum Gasteiger partial charge on any atom is -0.383 e. The lowest BCUT2D eigenvalue weighted by atomic mass is 10.0. The summed E-state index contributed by atoms with van der Waals surface area (Å²) in [6.07, 6.45) is 0.855. The van der Waals surface area contributed by atoms with Crippen LogP contribution in [0.15, 0.2) is 42.5 Å². The summed E-state index contributed by atoms with van der Waals surface area (Å²) in [5, 5.41) is 0. The van der Waals surface area contributed by atoms with Crippen LogP contribution in [0.1, 0.15) is 43.8 Å². The number of methoxy groups -OCH3 is 1. The van der Waals surface area contributed by atoms with Crippen LogP contribution in [0.3, 0.4) is 0 Å². The molecule has 1 amide bonds. The monoisotopic (exact) mass is 478 g/mol. The Morgan fingerprint density at radius 1 is 1.14 bits per heavy atom. The summed E-state index contributed by atoms with van der Waals surface area (Å²) in [7, 11) is 1.68. The van der Waals surface area contributed by atoms with E-state index in [0.717, 1.165) is 60.8 Å². The number of fused-ring (bicyclic) bond motifs is 1. The SMILES string of the molecule is CCc1cccc(C)c1N(C(=O)Cn1c(C(C)N2CCOCC2)nc2ccccc21)C(C)COC. The predicted molar refractivity (Wildman–Crippen MR) is 140 cm³/mol. The Morgan fingerprint density at radius 2 is 1.89 bits per heavy atom. The molecule has 2 atom stereocenters. The molecule has 2 heterocycles. The Kier molecular flexibility index (Phi) is 8.21. The molecule has 2 unspecified atom stereocenters. The molecular formula is C28H38N4O3. The molecule has 35 heavy (non-hydrogen) atoms. The van der Waals surface area contributed by atoms with E-state index in [2.05, 4.69) is 61.4 Å². The molecule has 1 saturated heterocycles. The lowest BCUT2D eigenvalue weighted by molar-refractivity contribution is -0.119. The summed E-state index contributed by atoms with van der Waals surface area (Å²) in [4.78, 5) is 23.4. The van der Waals surface area contributed by atoms with E-state index in [-0.39, 0.29) is 24.5 Å². The van der Waals surface area contributed by atoms with Gasteiger partial charge < -0.3 is 18.9 Å². The van der Waals surface area contributed by atoms with Crippen molar-refractivity contribution < 1.29 is 14.3 Å². The molecule has 4 rings (SSSR count). The smallest absolute Gasteiger partial charge is 0.247 e. The van der Waals surface area contributed by atoms with Gasteiger partial charge in [-0.25, -0.2) is 4.98 Å². The second kappa shape index (κ2) is 11.3. The van der Waals surface area contributed by atoms with Crippen LogP contribution in [0.4, 0.5) is 5.69 Å². The number of carbonyl (C=O) groups is 1. The number of ether oxygens (including phenoxy) is 2.